The summed E-state index contributed by atoms with van der Waals surface area (Å²) in [6.45, 7) is 5.39. The Kier molecular flexibility index (Phi) is 5.21. The lowest BCUT2D eigenvalue weighted by Crippen LogP contribution is -2.38. The molecule has 1 fully saturated rings. The first-order valence-corrected chi connectivity index (χ1v) is 10.7. The van der Waals surface area contributed by atoms with Gasteiger partial charge < -0.3 is 14.6 Å². The van der Waals surface area contributed by atoms with E-state index in [-0.39, 0.29) is 6.10 Å². The summed E-state index contributed by atoms with van der Waals surface area (Å²) in [4.78, 5) is 7.27. The van der Waals surface area contributed by atoms with Crippen molar-refractivity contribution in [3.63, 3.8) is 0 Å². The number of fused-ring (bicyclic) bond motifs is 1. The third-order valence-electron chi connectivity index (χ3n) is 5.99. The number of morpholine rings is 1. The lowest BCUT2D eigenvalue weighted by atomic mass is 10.1. The number of benzene rings is 1. The molecule has 7 nitrogen and oxygen atoms in total. The van der Waals surface area contributed by atoms with Gasteiger partial charge in [-0.2, -0.15) is 5.10 Å². The zero-order chi connectivity index (χ0) is 21.4. The Morgan fingerprint density at radius 2 is 1.97 bits per heavy atom. The summed E-state index contributed by atoms with van der Waals surface area (Å²) < 4.78 is 10.2. The van der Waals surface area contributed by atoms with Crippen molar-refractivity contribution in [3.8, 4) is 0 Å². The predicted octanol–water partition coefficient (Wildman–Crippen LogP) is 3.93. The Morgan fingerprint density at radius 1 is 1.10 bits per heavy atom. The van der Waals surface area contributed by atoms with Crippen LogP contribution in [0.2, 0.25) is 0 Å². The first-order valence-electron chi connectivity index (χ1n) is 10.7. The lowest BCUT2D eigenvalue weighted by molar-refractivity contribution is -0.0348. The van der Waals surface area contributed by atoms with Gasteiger partial charge in [-0.1, -0.05) is 24.3 Å². The normalized spacial score (nSPS) is 17.3. The van der Waals surface area contributed by atoms with E-state index in [0.29, 0.717) is 6.61 Å². The monoisotopic (exact) mass is 416 g/mol. The van der Waals surface area contributed by atoms with E-state index >= 15 is 0 Å². The van der Waals surface area contributed by atoms with Crippen molar-refractivity contribution in [2.75, 3.05) is 25.0 Å². The largest absolute Gasteiger partial charge is 0.369 e. The van der Waals surface area contributed by atoms with Crippen LogP contribution in [0.4, 0.5) is 11.6 Å². The molecule has 0 spiro atoms. The highest BCUT2D eigenvalue weighted by Gasteiger charge is 2.24. The van der Waals surface area contributed by atoms with Gasteiger partial charge in [-0.25, -0.2) is 4.98 Å². The number of rotatable bonds is 5. The third kappa shape index (κ3) is 4.06. The Labute approximate surface area is 182 Å². The minimum Gasteiger partial charge on any atom is -0.369 e. The number of aryl methyl sites for hydroxylation is 3. The van der Waals surface area contributed by atoms with E-state index in [0.717, 1.165) is 42.7 Å². The number of hydrogen-bond acceptors (Lipinski definition) is 5. The Balaban J connectivity index is 1.31. The number of para-hydroxylation sites is 1. The average Bonchev–Trinajstić information content (AvgIpc) is 3.26. The van der Waals surface area contributed by atoms with Gasteiger partial charge in [0, 0.05) is 62.6 Å². The van der Waals surface area contributed by atoms with Crippen molar-refractivity contribution in [1.29, 1.82) is 0 Å². The van der Waals surface area contributed by atoms with Crippen LogP contribution >= 0.6 is 0 Å². The average molecular weight is 417 g/mol. The fourth-order valence-electron chi connectivity index (χ4n) is 4.27. The maximum Gasteiger partial charge on any atom is 0.153 e. The van der Waals surface area contributed by atoms with Gasteiger partial charge in [-0.05, 0) is 30.7 Å². The molecule has 1 aromatic carbocycles. The molecule has 4 heterocycles. The van der Waals surface area contributed by atoms with Crippen LogP contribution in [0.25, 0.3) is 10.9 Å². The number of anilines is 2. The van der Waals surface area contributed by atoms with Gasteiger partial charge >= 0.3 is 0 Å². The standard InChI is InChI=1S/C24H28N6O/c1-17-13-24(27-29(17)3)26-23-10-6-8-20(25-23)22-16-30(11-12-31-22)15-18-14-28(2)21-9-5-4-7-19(18)21/h4-10,13-14,22H,11-12,15-16H2,1-3H3,(H,25,26,27)/t22-/m0/s1. The number of aromatic nitrogens is 4. The molecule has 31 heavy (non-hydrogen) atoms. The zero-order valence-corrected chi connectivity index (χ0v) is 18.2. The molecule has 0 aliphatic carbocycles. The molecule has 4 aromatic rings. The molecule has 0 unspecified atom stereocenters. The van der Waals surface area contributed by atoms with E-state index in [9.17, 15) is 0 Å². The summed E-state index contributed by atoms with van der Waals surface area (Å²) >= 11 is 0. The highest BCUT2D eigenvalue weighted by atomic mass is 16.5. The summed E-state index contributed by atoms with van der Waals surface area (Å²) in [5, 5.41) is 9.08. The summed E-state index contributed by atoms with van der Waals surface area (Å²) in [6.07, 6.45) is 2.20. The van der Waals surface area contributed by atoms with Gasteiger partial charge in [0.05, 0.1) is 12.3 Å². The molecule has 1 aliphatic rings. The minimum atomic E-state index is -0.0454. The second-order valence-electron chi connectivity index (χ2n) is 8.24. The third-order valence-corrected chi connectivity index (χ3v) is 5.99. The molecule has 1 aliphatic heterocycles. The van der Waals surface area contributed by atoms with Crippen LogP contribution < -0.4 is 5.32 Å². The van der Waals surface area contributed by atoms with Crippen LogP contribution in [0.15, 0.2) is 54.7 Å². The maximum absolute atomic E-state index is 6.10. The van der Waals surface area contributed by atoms with Crippen molar-refractivity contribution < 1.29 is 4.74 Å². The van der Waals surface area contributed by atoms with Crippen molar-refractivity contribution in [3.05, 3.63) is 71.7 Å². The van der Waals surface area contributed by atoms with Crippen molar-refractivity contribution in [1.82, 2.24) is 24.2 Å². The number of nitrogens with zero attached hydrogens (tertiary/aromatic N) is 5. The van der Waals surface area contributed by atoms with Crippen LogP contribution in [-0.4, -0.2) is 43.9 Å². The van der Waals surface area contributed by atoms with Crippen molar-refractivity contribution in [2.45, 2.75) is 19.6 Å². The predicted molar refractivity (Wildman–Crippen MR) is 122 cm³/mol. The van der Waals surface area contributed by atoms with E-state index in [1.165, 1.54) is 16.5 Å². The number of ether oxygens (including phenoxy) is 1. The van der Waals surface area contributed by atoms with Crippen LogP contribution in [-0.2, 0) is 25.4 Å². The zero-order valence-electron chi connectivity index (χ0n) is 18.2. The van der Waals surface area contributed by atoms with Gasteiger partial charge in [0.25, 0.3) is 0 Å². The second-order valence-corrected chi connectivity index (χ2v) is 8.24. The fourth-order valence-corrected chi connectivity index (χ4v) is 4.27. The molecule has 0 radical (unpaired) electrons. The van der Waals surface area contributed by atoms with E-state index in [4.69, 9.17) is 9.72 Å². The molecule has 0 saturated carbocycles. The highest BCUT2D eigenvalue weighted by Crippen LogP contribution is 2.26. The SMILES string of the molecule is Cc1cc(Nc2cccc([C@@H]3CN(Cc4cn(C)c5ccccc45)CCO3)n2)nn1C. The van der Waals surface area contributed by atoms with E-state index < -0.39 is 0 Å². The van der Waals surface area contributed by atoms with Crippen LogP contribution in [0.3, 0.4) is 0 Å². The van der Waals surface area contributed by atoms with Crippen molar-refractivity contribution in [2.24, 2.45) is 14.1 Å². The minimum absolute atomic E-state index is 0.0454. The molecular formula is C24H28N6O. The van der Waals surface area contributed by atoms with E-state index in [2.05, 4.69) is 57.4 Å². The number of hydrogen-bond donors (Lipinski definition) is 1. The number of pyridine rings is 1. The summed E-state index contributed by atoms with van der Waals surface area (Å²) in [7, 11) is 4.05. The molecule has 7 heteroatoms. The Bertz CT molecular complexity index is 1190. The maximum atomic E-state index is 6.10. The molecule has 5 rings (SSSR count). The second kappa shape index (κ2) is 8.17. The smallest absolute Gasteiger partial charge is 0.153 e. The van der Waals surface area contributed by atoms with E-state index in [1.807, 2.05) is 42.9 Å². The first-order chi connectivity index (χ1) is 15.1. The van der Waals surface area contributed by atoms with Crippen LogP contribution in [0.1, 0.15) is 23.1 Å². The summed E-state index contributed by atoms with van der Waals surface area (Å²) in [5.74, 6) is 1.58. The molecule has 0 amide bonds. The summed E-state index contributed by atoms with van der Waals surface area (Å²) in [5.41, 5.74) is 4.67. The van der Waals surface area contributed by atoms with Gasteiger partial charge in [-0.3, -0.25) is 9.58 Å². The molecule has 0 bridgehead atoms. The van der Waals surface area contributed by atoms with E-state index in [1.54, 1.807) is 0 Å². The Morgan fingerprint density at radius 3 is 2.81 bits per heavy atom. The molecule has 1 saturated heterocycles. The molecule has 1 atom stereocenters. The van der Waals surface area contributed by atoms with Crippen LogP contribution in [0.5, 0.6) is 0 Å². The van der Waals surface area contributed by atoms with Crippen molar-refractivity contribution >= 4 is 22.5 Å². The topological polar surface area (TPSA) is 60.1 Å². The van der Waals surface area contributed by atoms with Gasteiger partial charge in [0.2, 0.25) is 0 Å². The molecule has 3 aromatic heterocycles. The molecule has 160 valence electrons. The fraction of sp³-hybridized carbons (Fsp3) is 0.333. The van der Waals surface area contributed by atoms with Crippen LogP contribution in [0, 0.1) is 6.92 Å². The van der Waals surface area contributed by atoms with Gasteiger partial charge in [0.1, 0.15) is 11.9 Å². The van der Waals surface area contributed by atoms with Gasteiger partial charge in [0.15, 0.2) is 5.82 Å². The highest BCUT2D eigenvalue weighted by molar-refractivity contribution is 5.83. The lowest BCUT2D eigenvalue weighted by Gasteiger charge is -2.32. The first kappa shape index (κ1) is 19.8. The van der Waals surface area contributed by atoms with Gasteiger partial charge in [-0.15, -0.1) is 0 Å². The quantitative estimate of drug-likeness (QED) is 0.534. The Hall–Kier alpha value is -3.16. The number of nitrogens with one attached hydrogen (secondary N) is 1. The summed E-state index contributed by atoms with van der Waals surface area (Å²) in [6, 6.07) is 16.6. The molecular weight excluding hydrogens is 388 g/mol. The molecule has 1 N–H and O–H groups in total.